The summed E-state index contributed by atoms with van der Waals surface area (Å²) in [5.74, 6) is -0.464. The second kappa shape index (κ2) is 8.65. The van der Waals surface area contributed by atoms with E-state index in [9.17, 15) is 24.5 Å². The number of rotatable bonds is 7. The lowest BCUT2D eigenvalue weighted by Gasteiger charge is -2.11. The van der Waals surface area contributed by atoms with Crippen molar-refractivity contribution >= 4 is 23.2 Å². The van der Waals surface area contributed by atoms with Crippen molar-refractivity contribution in [1.29, 1.82) is 0 Å². The Balaban J connectivity index is 1.71. The smallest absolute Gasteiger partial charge is 0.285 e. The van der Waals surface area contributed by atoms with Gasteiger partial charge in [0.2, 0.25) is 5.91 Å². The fraction of sp³-hybridized carbons (Fsp3) is 0.105. The van der Waals surface area contributed by atoms with E-state index in [4.69, 9.17) is 4.42 Å². The van der Waals surface area contributed by atoms with E-state index in [2.05, 4.69) is 10.6 Å². The van der Waals surface area contributed by atoms with Crippen molar-refractivity contribution in [1.82, 2.24) is 9.88 Å². The summed E-state index contributed by atoms with van der Waals surface area (Å²) < 4.78 is 6.08. The van der Waals surface area contributed by atoms with E-state index in [-0.39, 0.29) is 23.5 Å². The van der Waals surface area contributed by atoms with Gasteiger partial charge in [0.1, 0.15) is 12.3 Å². The largest absolute Gasteiger partial charge is 0.467 e. The lowest BCUT2D eigenvalue weighted by atomic mass is 10.1. The maximum absolute atomic E-state index is 12.4. The minimum Gasteiger partial charge on any atom is -0.467 e. The van der Waals surface area contributed by atoms with Crippen molar-refractivity contribution in [3.8, 4) is 0 Å². The lowest BCUT2D eigenvalue weighted by Crippen LogP contribution is -2.28. The van der Waals surface area contributed by atoms with Crippen LogP contribution in [0.5, 0.6) is 0 Å². The second-order valence-electron chi connectivity index (χ2n) is 5.97. The Kier molecular flexibility index (Phi) is 5.83. The van der Waals surface area contributed by atoms with Gasteiger partial charge in [0, 0.05) is 12.1 Å². The van der Waals surface area contributed by atoms with Gasteiger partial charge in [-0.15, -0.1) is 0 Å². The van der Waals surface area contributed by atoms with E-state index < -0.39 is 28.8 Å². The highest BCUT2D eigenvalue weighted by molar-refractivity contribution is 6.03. The van der Waals surface area contributed by atoms with Crippen LogP contribution in [0, 0.1) is 10.1 Å². The van der Waals surface area contributed by atoms with Crippen molar-refractivity contribution < 1.29 is 18.9 Å². The molecule has 0 atom stereocenters. The fourth-order valence-electron chi connectivity index (χ4n) is 2.56. The third-order valence-corrected chi connectivity index (χ3v) is 3.94. The number of carbonyl (C=O) groups is 2. The van der Waals surface area contributed by atoms with Crippen molar-refractivity contribution in [2.75, 3.05) is 5.32 Å². The van der Waals surface area contributed by atoms with Crippen molar-refractivity contribution in [2.45, 2.75) is 13.1 Å². The molecule has 0 bridgehead atoms. The van der Waals surface area contributed by atoms with Crippen LogP contribution in [0.4, 0.5) is 11.4 Å². The third kappa shape index (κ3) is 4.95. The molecule has 0 aliphatic heterocycles. The zero-order valence-corrected chi connectivity index (χ0v) is 15.0. The van der Waals surface area contributed by atoms with Gasteiger partial charge in [0.25, 0.3) is 17.2 Å². The minimum absolute atomic E-state index is 0.178. The van der Waals surface area contributed by atoms with Crippen LogP contribution in [-0.2, 0) is 17.9 Å². The molecule has 2 amide bonds. The maximum atomic E-state index is 12.4. The number of furan rings is 1. The average Bonchev–Trinajstić information content (AvgIpc) is 3.21. The molecule has 1 aromatic carbocycles. The van der Waals surface area contributed by atoms with Crippen LogP contribution in [0.3, 0.4) is 0 Å². The molecule has 3 aromatic rings. The number of carbonyl (C=O) groups excluding carboxylic acids is 2. The predicted octanol–water partition coefficient (Wildman–Crippen LogP) is 1.92. The average molecular weight is 396 g/mol. The highest BCUT2D eigenvalue weighted by atomic mass is 16.6. The SMILES string of the molecule is O=C(Cn1cc([N+](=O)[O-])ccc1=O)Nc1ccccc1C(=O)NCc1ccco1. The summed E-state index contributed by atoms with van der Waals surface area (Å²) in [7, 11) is 0. The van der Waals surface area contributed by atoms with Gasteiger partial charge in [-0.05, 0) is 24.3 Å². The number of anilines is 1. The summed E-state index contributed by atoms with van der Waals surface area (Å²) in [4.78, 5) is 46.8. The molecule has 0 spiro atoms. The molecule has 2 aromatic heterocycles. The van der Waals surface area contributed by atoms with Crippen LogP contribution in [0.15, 0.2) is 70.2 Å². The van der Waals surface area contributed by atoms with Crippen molar-refractivity contribution in [2.24, 2.45) is 0 Å². The van der Waals surface area contributed by atoms with Gasteiger partial charge in [0.05, 0.1) is 35.2 Å². The highest BCUT2D eigenvalue weighted by Crippen LogP contribution is 2.15. The zero-order valence-electron chi connectivity index (χ0n) is 15.0. The quantitative estimate of drug-likeness (QED) is 0.462. The van der Waals surface area contributed by atoms with Crippen LogP contribution < -0.4 is 16.2 Å². The van der Waals surface area contributed by atoms with E-state index in [1.807, 2.05) is 0 Å². The van der Waals surface area contributed by atoms with Gasteiger partial charge < -0.3 is 15.1 Å². The number of aromatic nitrogens is 1. The first-order chi connectivity index (χ1) is 13.9. The van der Waals surface area contributed by atoms with Gasteiger partial charge in [-0.25, -0.2) is 0 Å². The standard InChI is InChI=1S/C19H16N4O6/c24-17(12-22-11-13(23(27)28)7-8-18(22)25)21-16-6-2-1-5-15(16)19(26)20-10-14-4-3-9-29-14/h1-9,11H,10,12H2,(H,20,26)(H,21,24). The molecule has 10 heteroatoms. The van der Waals surface area contributed by atoms with Crippen LogP contribution in [-0.4, -0.2) is 21.3 Å². The molecule has 2 N–H and O–H groups in total. The number of nitrogens with one attached hydrogen (secondary N) is 2. The maximum Gasteiger partial charge on any atom is 0.285 e. The number of hydrogen-bond acceptors (Lipinski definition) is 6. The summed E-state index contributed by atoms with van der Waals surface area (Å²) in [5.41, 5.74) is -0.406. The van der Waals surface area contributed by atoms with Crippen molar-refractivity contribution in [3.05, 3.63) is 92.8 Å². The molecular weight excluding hydrogens is 380 g/mol. The first kappa shape index (κ1) is 19.5. The van der Waals surface area contributed by atoms with E-state index in [0.29, 0.717) is 5.76 Å². The number of hydrogen-bond donors (Lipinski definition) is 2. The summed E-state index contributed by atoms with van der Waals surface area (Å²) in [5, 5.41) is 16.1. The number of amides is 2. The molecule has 0 aliphatic rings. The Morgan fingerprint density at radius 2 is 1.90 bits per heavy atom. The summed E-state index contributed by atoms with van der Waals surface area (Å²) >= 11 is 0. The lowest BCUT2D eigenvalue weighted by molar-refractivity contribution is -0.385. The Morgan fingerprint density at radius 3 is 2.62 bits per heavy atom. The third-order valence-electron chi connectivity index (χ3n) is 3.94. The molecule has 3 rings (SSSR count). The van der Waals surface area contributed by atoms with Gasteiger partial charge in [-0.3, -0.25) is 29.1 Å². The first-order valence-corrected chi connectivity index (χ1v) is 8.48. The molecule has 0 fully saturated rings. The van der Waals surface area contributed by atoms with E-state index in [1.54, 1.807) is 24.3 Å². The predicted molar refractivity (Wildman–Crippen MR) is 102 cm³/mol. The molecule has 0 saturated heterocycles. The van der Waals surface area contributed by atoms with Crippen LogP contribution in [0.1, 0.15) is 16.1 Å². The first-order valence-electron chi connectivity index (χ1n) is 8.48. The van der Waals surface area contributed by atoms with Crippen molar-refractivity contribution in [3.63, 3.8) is 0 Å². The molecule has 29 heavy (non-hydrogen) atoms. The van der Waals surface area contributed by atoms with E-state index >= 15 is 0 Å². The highest BCUT2D eigenvalue weighted by Gasteiger charge is 2.15. The zero-order chi connectivity index (χ0) is 20.8. The second-order valence-corrected chi connectivity index (χ2v) is 5.97. The molecule has 2 heterocycles. The topological polar surface area (TPSA) is 136 Å². The minimum atomic E-state index is -0.660. The van der Waals surface area contributed by atoms with Gasteiger partial charge >= 0.3 is 0 Å². The van der Waals surface area contributed by atoms with Crippen LogP contribution >= 0.6 is 0 Å². The monoisotopic (exact) mass is 396 g/mol. The number of nitrogens with zero attached hydrogens (tertiary/aromatic N) is 2. The van der Waals surface area contributed by atoms with Crippen LogP contribution in [0.2, 0.25) is 0 Å². The summed E-state index contributed by atoms with van der Waals surface area (Å²) in [6, 6.07) is 11.8. The molecular formula is C19H16N4O6. The molecule has 10 nitrogen and oxygen atoms in total. The Morgan fingerprint density at radius 1 is 1.10 bits per heavy atom. The normalized spacial score (nSPS) is 10.3. The molecule has 0 aliphatic carbocycles. The molecule has 0 unspecified atom stereocenters. The number of pyridine rings is 1. The number of para-hydroxylation sites is 1. The van der Waals surface area contributed by atoms with Gasteiger partial charge in [-0.2, -0.15) is 0 Å². The van der Waals surface area contributed by atoms with Gasteiger partial charge in [-0.1, -0.05) is 12.1 Å². The summed E-state index contributed by atoms with van der Waals surface area (Å²) in [6.45, 7) is -0.264. The van der Waals surface area contributed by atoms with E-state index in [0.717, 1.165) is 22.9 Å². The van der Waals surface area contributed by atoms with E-state index in [1.165, 1.54) is 18.4 Å². The molecule has 148 valence electrons. The fourth-order valence-corrected chi connectivity index (χ4v) is 2.56. The number of nitro groups is 1. The van der Waals surface area contributed by atoms with Crippen LogP contribution in [0.25, 0.3) is 0 Å². The molecule has 0 saturated carbocycles. The Bertz CT molecular complexity index is 1100. The van der Waals surface area contributed by atoms with Gasteiger partial charge in [0.15, 0.2) is 0 Å². The Labute approximate surface area is 163 Å². The molecule has 0 radical (unpaired) electrons. The summed E-state index contributed by atoms with van der Waals surface area (Å²) in [6.07, 6.45) is 2.48. The number of benzene rings is 1. The Hall–Kier alpha value is -4.21.